The highest BCUT2D eigenvalue weighted by Gasteiger charge is 2.41. The zero-order valence-corrected chi connectivity index (χ0v) is 12.0. The molecule has 0 saturated carbocycles. The molecule has 3 heteroatoms. The predicted octanol–water partition coefficient (Wildman–Crippen LogP) is 2.71. The van der Waals surface area contributed by atoms with Crippen molar-refractivity contribution in [1.82, 2.24) is 10.3 Å². The van der Waals surface area contributed by atoms with Crippen molar-refractivity contribution in [2.45, 2.75) is 45.9 Å². The smallest absolute Gasteiger partial charge is 0.0600 e. The predicted molar refractivity (Wildman–Crippen MR) is 73.4 cm³/mol. The van der Waals surface area contributed by atoms with E-state index in [9.17, 15) is 0 Å². The van der Waals surface area contributed by atoms with E-state index in [4.69, 9.17) is 4.74 Å². The van der Waals surface area contributed by atoms with Gasteiger partial charge >= 0.3 is 0 Å². The molecule has 1 aromatic rings. The first-order chi connectivity index (χ1) is 8.54. The lowest BCUT2D eigenvalue weighted by atomic mass is 9.81. The topological polar surface area (TPSA) is 34.2 Å². The molecule has 1 saturated heterocycles. The number of rotatable bonds is 3. The minimum Gasteiger partial charge on any atom is -0.375 e. The van der Waals surface area contributed by atoms with Crippen LogP contribution in [0, 0.1) is 18.8 Å². The number of nitrogens with one attached hydrogen (secondary N) is 1. The van der Waals surface area contributed by atoms with Gasteiger partial charge in [-0.2, -0.15) is 0 Å². The molecule has 1 aliphatic heterocycles. The second-order valence-corrected chi connectivity index (χ2v) is 5.48. The number of hydrogen-bond acceptors (Lipinski definition) is 3. The van der Waals surface area contributed by atoms with Crippen LogP contribution in [0.2, 0.25) is 0 Å². The van der Waals surface area contributed by atoms with E-state index in [1.54, 1.807) is 0 Å². The standard InChI is InChI=1S/C15H24N2O/c1-9-6-7-13(8-17-9)15(16-5)14-10(2)11(3)18-12(14)4/h6-8,10-12,14-16H,1-5H3. The van der Waals surface area contributed by atoms with E-state index in [0.29, 0.717) is 24.0 Å². The molecule has 1 aliphatic rings. The summed E-state index contributed by atoms with van der Waals surface area (Å²) in [5, 5.41) is 3.44. The number of hydrogen-bond donors (Lipinski definition) is 1. The lowest BCUT2D eigenvalue weighted by molar-refractivity contribution is 0.0478. The summed E-state index contributed by atoms with van der Waals surface area (Å²) < 4.78 is 5.95. The zero-order valence-electron chi connectivity index (χ0n) is 12.0. The van der Waals surface area contributed by atoms with E-state index < -0.39 is 0 Å². The average Bonchev–Trinajstić information content (AvgIpc) is 2.59. The van der Waals surface area contributed by atoms with Crippen molar-refractivity contribution in [3.63, 3.8) is 0 Å². The van der Waals surface area contributed by atoms with Crippen molar-refractivity contribution in [2.75, 3.05) is 7.05 Å². The first-order valence-corrected chi connectivity index (χ1v) is 6.80. The number of aromatic nitrogens is 1. The van der Waals surface area contributed by atoms with Gasteiger partial charge in [0.15, 0.2) is 0 Å². The summed E-state index contributed by atoms with van der Waals surface area (Å²) in [4.78, 5) is 4.41. The minimum atomic E-state index is 0.286. The average molecular weight is 248 g/mol. The second-order valence-electron chi connectivity index (χ2n) is 5.48. The van der Waals surface area contributed by atoms with Crippen LogP contribution in [0.15, 0.2) is 18.3 Å². The number of pyridine rings is 1. The molecule has 5 unspecified atom stereocenters. The Labute approximate surface area is 110 Å². The van der Waals surface area contributed by atoms with E-state index in [1.165, 1.54) is 5.56 Å². The van der Waals surface area contributed by atoms with E-state index in [2.05, 4.69) is 43.2 Å². The van der Waals surface area contributed by atoms with Crippen molar-refractivity contribution >= 4 is 0 Å². The highest BCUT2D eigenvalue weighted by Crippen LogP contribution is 2.40. The van der Waals surface area contributed by atoms with Crippen molar-refractivity contribution in [3.05, 3.63) is 29.6 Å². The van der Waals surface area contributed by atoms with Gasteiger partial charge < -0.3 is 10.1 Å². The highest BCUT2D eigenvalue weighted by molar-refractivity contribution is 5.19. The fraction of sp³-hybridized carbons (Fsp3) is 0.667. The van der Waals surface area contributed by atoms with Gasteiger partial charge in [-0.15, -0.1) is 0 Å². The maximum atomic E-state index is 5.95. The Morgan fingerprint density at radius 2 is 1.94 bits per heavy atom. The molecule has 0 aliphatic carbocycles. The van der Waals surface area contributed by atoms with Gasteiger partial charge in [-0.1, -0.05) is 13.0 Å². The van der Waals surface area contributed by atoms with Gasteiger partial charge in [0.2, 0.25) is 0 Å². The third kappa shape index (κ3) is 2.43. The van der Waals surface area contributed by atoms with Gasteiger partial charge in [0.25, 0.3) is 0 Å². The number of nitrogens with zero attached hydrogens (tertiary/aromatic N) is 1. The van der Waals surface area contributed by atoms with Crippen LogP contribution < -0.4 is 5.32 Å². The highest BCUT2D eigenvalue weighted by atomic mass is 16.5. The van der Waals surface area contributed by atoms with Crippen LogP contribution >= 0.6 is 0 Å². The Morgan fingerprint density at radius 3 is 2.39 bits per heavy atom. The molecule has 2 heterocycles. The SMILES string of the molecule is CNC(c1ccc(C)nc1)C1C(C)OC(C)C1C. The molecule has 5 atom stereocenters. The Kier molecular flexibility index (Phi) is 4.03. The third-order valence-corrected chi connectivity index (χ3v) is 4.31. The quantitative estimate of drug-likeness (QED) is 0.893. The van der Waals surface area contributed by atoms with Gasteiger partial charge in [-0.05, 0) is 45.4 Å². The Bertz CT molecular complexity index is 390. The van der Waals surface area contributed by atoms with E-state index in [1.807, 2.05) is 20.2 Å². The van der Waals surface area contributed by atoms with Crippen LogP contribution in [0.25, 0.3) is 0 Å². The van der Waals surface area contributed by atoms with Gasteiger partial charge in [0, 0.05) is 23.9 Å². The van der Waals surface area contributed by atoms with Gasteiger partial charge in [-0.3, -0.25) is 4.98 Å². The first-order valence-electron chi connectivity index (χ1n) is 6.80. The summed E-state index contributed by atoms with van der Waals surface area (Å²) in [6.07, 6.45) is 2.60. The molecular formula is C15H24N2O. The van der Waals surface area contributed by atoms with E-state index in [-0.39, 0.29) is 6.10 Å². The minimum absolute atomic E-state index is 0.286. The van der Waals surface area contributed by atoms with Gasteiger partial charge in [0.05, 0.1) is 12.2 Å². The maximum Gasteiger partial charge on any atom is 0.0600 e. The fourth-order valence-electron chi connectivity index (χ4n) is 3.11. The normalized spacial score (nSPS) is 33.6. The molecule has 100 valence electrons. The Balaban J connectivity index is 2.25. The van der Waals surface area contributed by atoms with Crippen molar-refractivity contribution in [3.8, 4) is 0 Å². The fourth-order valence-corrected chi connectivity index (χ4v) is 3.11. The molecule has 0 aromatic carbocycles. The van der Waals surface area contributed by atoms with Crippen LogP contribution in [0.4, 0.5) is 0 Å². The van der Waals surface area contributed by atoms with E-state index in [0.717, 1.165) is 5.69 Å². The molecule has 0 bridgehead atoms. The molecule has 0 spiro atoms. The summed E-state index contributed by atoms with van der Waals surface area (Å²) in [6, 6.07) is 4.56. The summed E-state index contributed by atoms with van der Waals surface area (Å²) in [5.41, 5.74) is 2.32. The Hall–Kier alpha value is -0.930. The number of aryl methyl sites for hydroxylation is 1. The molecule has 2 rings (SSSR count). The van der Waals surface area contributed by atoms with Crippen molar-refractivity contribution in [2.24, 2.45) is 11.8 Å². The van der Waals surface area contributed by atoms with Gasteiger partial charge in [0.1, 0.15) is 0 Å². The monoisotopic (exact) mass is 248 g/mol. The van der Waals surface area contributed by atoms with Crippen LogP contribution in [-0.4, -0.2) is 24.2 Å². The molecule has 1 N–H and O–H groups in total. The molecule has 1 aromatic heterocycles. The molecule has 0 radical (unpaired) electrons. The van der Waals surface area contributed by atoms with Crippen LogP contribution in [0.3, 0.4) is 0 Å². The third-order valence-electron chi connectivity index (χ3n) is 4.31. The summed E-state index contributed by atoms with van der Waals surface area (Å²) >= 11 is 0. The number of ether oxygens (including phenoxy) is 1. The van der Waals surface area contributed by atoms with Crippen molar-refractivity contribution < 1.29 is 4.74 Å². The molecule has 0 amide bonds. The summed E-state index contributed by atoms with van der Waals surface area (Å²) in [7, 11) is 2.02. The molecule has 18 heavy (non-hydrogen) atoms. The van der Waals surface area contributed by atoms with Crippen LogP contribution in [0.1, 0.15) is 38.1 Å². The lowest BCUT2D eigenvalue weighted by Crippen LogP contribution is -2.33. The first kappa shape index (κ1) is 13.5. The van der Waals surface area contributed by atoms with Crippen molar-refractivity contribution in [1.29, 1.82) is 0 Å². The largest absolute Gasteiger partial charge is 0.375 e. The van der Waals surface area contributed by atoms with Crippen LogP contribution in [0.5, 0.6) is 0 Å². The van der Waals surface area contributed by atoms with E-state index >= 15 is 0 Å². The molecular weight excluding hydrogens is 224 g/mol. The summed E-state index contributed by atoms with van der Waals surface area (Å²) in [6.45, 7) is 8.65. The molecule has 1 fully saturated rings. The zero-order chi connectivity index (χ0) is 13.3. The van der Waals surface area contributed by atoms with Crippen LogP contribution in [-0.2, 0) is 4.74 Å². The van der Waals surface area contributed by atoms with Gasteiger partial charge in [-0.25, -0.2) is 0 Å². The maximum absolute atomic E-state index is 5.95. The lowest BCUT2D eigenvalue weighted by Gasteiger charge is -2.29. The second kappa shape index (κ2) is 5.37. The molecule has 3 nitrogen and oxygen atoms in total. The Morgan fingerprint density at radius 1 is 1.22 bits per heavy atom. The summed E-state index contributed by atoms with van der Waals surface area (Å²) in [5.74, 6) is 1.05.